The molecule has 1 fully saturated rings. The van der Waals surface area contributed by atoms with Crippen LogP contribution in [0.1, 0.15) is 47.0 Å². The van der Waals surface area contributed by atoms with E-state index in [1.807, 2.05) is 13.0 Å². The number of hydrogen-bond donors (Lipinski definition) is 2. The number of dihydropyridines is 1. The summed E-state index contributed by atoms with van der Waals surface area (Å²) in [6, 6.07) is 0. The van der Waals surface area contributed by atoms with Crippen molar-refractivity contribution in [2.75, 3.05) is 66.0 Å². The minimum absolute atomic E-state index is 0.134. The lowest BCUT2D eigenvalue weighted by molar-refractivity contribution is -0.424. The lowest BCUT2D eigenvalue weighted by atomic mass is 10.1. The Kier molecular flexibility index (Phi) is 20.7. The minimum atomic E-state index is -0.659. The summed E-state index contributed by atoms with van der Waals surface area (Å²) < 4.78 is 15.2. The number of alkyl halides is 1. The Morgan fingerprint density at radius 1 is 1.38 bits per heavy atom. The van der Waals surface area contributed by atoms with Crippen LogP contribution in [0.15, 0.2) is 47.6 Å². The normalized spacial score (nSPS) is 17.8. The molecule has 0 saturated carbocycles. The van der Waals surface area contributed by atoms with Gasteiger partial charge in [-0.2, -0.15) is 0 Å². The fourth-order valence-corrected chi connectivity index (χ4v) is 3.80. The Labute approximate surface area is 245 Å². The number of hydrogen-bond acceptors (Lipinski definition) is 10. The molecule has 2 aliphatic heterocycles. The lowest BCUT2D eigenvalue weighted by Crippen LogP contribution is -2.42. The van der Waals surface area contributed by atoms with E-state index in [0.717, 1.165) is 12.3 Å². The quantitative estimate of drug-likeness (QED) is 0.0771. The SMILES string of the molecule is C=CC(C)C/C=C(\C)CN1CCCC1.CCCl.CCOC(=O)CN(C)C1=CC(OCCOC)NC(N)=C1[N+](=O)[O-]. The number of ether oxygens (including phenoxy) is 3. The Hall–Kier alpha value is -2.60. The van der Waals surface area contributed by atoms with Crippen LogP contribution in [0.2, 0.25) is 0 Å². The Morgan fingerprint density at radius 2 is 2.00 bits per heavy atom. The second-order valence-electron chi connectivity index (χ2n) is 9.41. The number of halogens is 1. The number of likely N-dealkylation sites (N-methyl/N-ethyl adjacent to an activating group) is 1. The highest BCUT2D eigenvalue weighted by Crippen LogP contribution is 2.21. The zero-order chi connectivity index (χ0) is 30.5. The summed E-state index contributed by atoms with van der Waals surface area (Å²) in [5.41, 5.74) is 7.10. The summed E-state index contributed by atoms with van der Waals surface area (Å²) in [4.78, 5) is 26.2. The molecule has 1 saturated heterocycles. The molecule has 2 unspecified atom stereocenters. The molecular formula is C28H50ClN5O6. The number of likely N-dealkylation sites (tertiary alicyclic amines) is 1. The van der Waals surface area contributed by atoms with Crippen LogP contribution < -0.4 is 11.1 Å². The third-order valence-electron chi connectivity index (χ3n) is 5.87. The molecule has 2 heterocycles. The number of methoxy groups -OCH3 is 1. The minimum Gasteiger partial charge on any atom is -0.465 e. The number of nitro groups is 1. The van der Waals surface area contributed by atoms with Gasteiger partial charge in [-0.15, -0.1) is 18.2 Å². The van der Waals surface area contributed by atoms with E-state index in [9.17, 15) is 14.9 Å². The predicted octanol–water partition coefficient (Wildman–Crippen LogP) is 3.85. The van der Waals surface area contributed by atoms with Crippen LogP contribution in [-0.4, -0.2) is 93.0 Å². The number of carbonyl (C=O) groups is 1. The molecule has 0 bridgehead atoms. The number of carbonyl (C=O) groups excluding carboxylic acids is 1. The van der Waals surface area contributed by atoms with Crippen molar-refractivity contribution in [3.05, 3.63) is 57.7 Å². The maximum Gasteiger partial charge on any atom is 0.331 e. The fraction of sp³-hybridized carbons (Fsp3) is 0.679. The van der Waals surface area contributed by atoms with Crippen LogP contribution in [-0.2, 0) is 19.0 Å². The van der Waals surface area contributed by atoms with Crippen molar-refractivity contribution >= 4 is 17.6 Å². The van der Waals surface area contributed by atoms with Gasteiger partial charge < -0.3 is 30.2 Å². The average Bonchev–Trinajstić information content (AvgIpc) is 3.40. The van der Waals surface area contributed by atoms with Gasteiger partial charge in [0.25, 0.3) is 0 Å². The largest absolute Gasteiger partial charge is 0.465 e. The van der Waals surface area contributed by atoms with Gasteiger partial charge in [-0.3, -0.25) is 19.8 Å². The highest BCUT2D eigenvalue weighted by atomic mass is 35.5. The molecule has 0 aromatic carbocycles. The maximum absolute atomic E-state index is 11.6. The summed E-state index contributed by atoms with van der Waals surface area (Å²) in [6.45, 7) is 16.3. The van der Waals surface area contributed by atoms with Crippen LogP contribution in [0.5, 0.6) is 0 Å². The molecular weight excluding hydrogens is 538 g/mol. The molecule has 11 nitrogen and oxygen atoms in total. The Balaban J connectivity index is 0.000000759. The molecule has 40 heavy (non-hydrogen) atoms. The van der Waals surface area contributed by atoms with Crippen molar-refractivity contribution in [2.24, 2.45) is 11.7 Å². The Morgan fingerprint density at radius 3 is 2.52 bits per heavy atom. The fourth-order valence-electron chi connectivity index (χ4n) is 3.80. The number of nitrogens with one attached hydrogen (secondary N) is 1. The third kappa shape index (κ3) is 15.9. The van der Waals surface area contributed by atoms with E-state index in [4.69, 9.17) is 31.5 Å². The van der Waals surface area contributed by atoms with Gasteiger partial charge in [0, 0.05) is 26.6 Å². The molecule has 230 valence electrons. The summed E-state index contributed by atoms with van der Waals surface area (Å²) in [5.74, 6) is 0.710. The maximum atomic E-state index is 11.6. The van der Waals surface area contributed by atoms with Gasteiger partial charge >= 0.3 is 11.7 Å². The summed E-state index contributed by atoms with van der Waals surface area (Å²) >= 11 is 5.00. The lowest BCUT2D eigenvalue weighted by Gasteiger charge is -2.27. The Bertz CT molecular complexity index is 858. The zero-order valence-corrected chi connectivity index (χ0v) is 25.9. The molecule has 0 amide bonds. The number of nitrogens with zero attached hydrogens (tertiary/aromatic N) is 3. The van der Waals surface area contributed by atoms with Crippen molar-refractivity contribution in [1.29, 1.82) is 0 Å². The van der Waals surface area contributed by atoms with Gasteiger partial charge in [-0.1, -0.05) is 31.6 Å². The van der Waals surface area contributed by atoms with E-state index >= 15 is 0 Å². The summed E-state index contributed by atoms with van der Waals surface area (Å²) in [5, 5.41) is 13.9. The second-order valence-corrected chi connectivity index (χ2v) is 9.95. The van der Waals surface area contributed by atoms with E-state index < -0.39 is 17.1 Å². The molecule has 0 aromatic rings. The first-order chi connectivity index (χ1) is 19.0. The number of nitrogens with two attached hydrogens (primary N) is 1. The van der Waals surface area contributed by atoms with Crippen LogP contribution in [0, 0.1) is 16.0 Å². The molecule has 0 spiro atoms. The van der Waals surface area contributed by atoms with E-state index in [1.54, 1.807) is 6.92 Å². The number of rotatable bonds is 14. The van der Waals surface area contributed by atoms with Crippen LogP contribution >= 0.6 is 11.6 Å². The summed E-state index contributed by atoms with van der Waals surface area (Å²) in [6.07, 6.45) is 9.14. The zero-order valence-electron chi connectivity index (χ0n) is 25.1. The van der Waals surface area contributed by atoms with E-state index in [2.05, 4.69) is 36.7 Å². The molecule has 12 heteroatoms. The smallest absolute Gasteiger partial charge is 0.331 e. The van der Waals surface area contributed by atoms with Gasteiger partial charge in [0.1, 0.15) is 12.2 Å². The van der Waals surface area contributed by atoms with Crippen molar-refractivity contribution < 1.29 is 23.9 Å². The van der Waals surface area contributed by atoms with Crippen LogP contribution in [0.25, 0.3) is 0 Å². The predicted molar refractivity (Wildman–Crippen MR) is 160 cm³/mol. The van der Waals surface area contributed by atoms with E-state index in [-0.39, 0.29) is 37.0 Å². The highest BCUT2D eigenvalue weighted by molar-refractivity contribution is 6.17. The first-order valence-corrected chi connectivity index (χ1v) is 14.2. The van der Waals surface area contributed by atoms with Gasteiger partial charge in [0.15, 0.2) is 12.0 Å². The van der Waals surface area contributed by atoms with Crippen LogP contribution in [0.3, 0.4) is 0 Å². The van der Waals surface area contributed by atoms with Gasteiger partial charge in [0.2, 0.25) is 0 Å². The first kappa shape index (κ1) is 37.4. The van der Waals surface area contributed by atoms with Crippen molar-refractivity contribution in [1.82, 2.24) is 15.1 Å². The van der Waals surface area contributed by atoms with Crippen molar-refractivity contribution in [2.45, 2.75) is 53.2 Å². The molecule has 0 radical (unpaired) electrons. The second kappa shape index (κ2) is 22.1. The molecule has 0 aliphatic carbocycles. The molecule has 2 aliphatic rings. The van der Waals surface area contributed by atoms with Gasteiger partial charge in [0.05, 0.1) is 24.7 Å². The highest BCUT2D eigenvalue weighted by Gasteiger charge is 2.32. The molecule has 2 atom stereocenters. The van der Waals surface area contributed by atoms with Crippen LogP contribution in [0.4, 0.5) is 0 Å². The molecule has 0 aromatic heterocycles. The van der Waals surface area contributed by atoms with E-state index in [0.29, 0.717) is 12.5 Å². The standard InChI is InChI=1S/C13H22N4O6.C13H23N.C2H5Cl/c1-4-22-11(18)8-16(2)9-7-10(23-6-5-21-3)15-13(14)12(9)17(19)20;1-4-12(2)7-8-13(3)11-14-9-5-6-10-14;1-2-3/h7,10,15H,4-6,8,14H2,1-3H3;4,8,12H,1,5-7,9-11H2,2-3H3;2H2,1H3/b;13-8+;. The first-order valence-electron chi connectivity index (χ1n) is 13.7. The topological polar surface area (TPSA) is 132 Å². The third-order valence-corrected chi connectivity index (χ3v) is 5.87. The van der Waals surface area contributed by atoms with Crippen molar-refractivity contribution in [3.63, 3.8) is 0 Å². The monoisotopic (exact) mass is 587 g/mol. The van der Waals surface area contributed by atoms with Gasteiger partial charge in [-0.25, -0.2) is 0 Å². The van der Waals surface area contributed by atoms with Gasteiger partial charge in [-0.05, 0) is 58.2 Å². The molecule has 2 rings (SSSR count). The average molecular weight is 588 g/mol. The number of allylic oxidation sites excluding steroid dienone is 2. The van der Waals surface area contributed by atoms with Crippen molar-refractivity contribution in [3.8, 4) is 0 Å². The molecule has 3 N–H and O–H groups in total. The number of esters is 1. The summed E-state index contributed by atoms with van der Waals surface area (Å²) in [7, 11) is 3.07. The van der Waals surface area contributed by atoms with E-state index in [1.165, 1.54) is 63.2 Å².